The summed E-state index contributed by atoms with van der Waals surface area (Å²) in [5.41, 5.74) is 5.41. The van der Waals surface area contributed by atoms with Crippen LogP contribution in [0.1, 0.15) is 25.5 Å². The Balaban J connectivity index is 2.99. The quantitative estimate of drug-likeness (QED) is 0.867. The van der Waals surface area contributed by atoms with E-state index in [1.54, 1.807) is 7.05 Å². The van der Waals surface area contributed by atoms with Crippen LogP contribution in [0.4, 0.5) is 0 Å². The molecule has 2 N–H and O–H groups in total. The van der Waals surface area contributed by atoms with E-state index in [-0.39, 0.29) is 16.1 Å². The number of furan rings is 1. The summed E-state index contributed by atoms with van der Waals surface area (Å²) < 4.78 is 31.1. The zero-order valence-corrected chi connectivity index (χ0v) is 12.3. The van der Waals surface area contributed by atoms with Crippen molar-refractivity contribution in [3.8, 4) is 0 Å². The number of unbranched alkanes of at least 4 members (excludes halogenated alkanes) is 1. The molecule has 1 aromatic rings. The monoisotopic (exact) mass is 324 g/mol. The predicted octanol–water partition coefficient (Wildman–Crippen LogP) is 1.92. The van der Waals surface area contributed by atoms with Crippen molar-refractivity contribution in [2.45, 2.75) is 31.2 Å². The molecule has 5 nitrogen and oxygen atoms in total. The molecule has 0 amide bonds. The number of nitrogens with two attached hydrogens (primary N) is 1. The van der Waals surface area contributed by atoms with Gasteiger partial charge >= 0.3 is 0 Å². The SMILES string of the molecule is CCCCN(C)S(=O)(=O)c1cc(CN)oc1Br. The molecule has 0 aliphatic rings. The Morgan fingerprint density at radius 1 is 1.53 bits per heavy atom. The van der Waals surface area contributed by atoms with E-state index in [0.29, 0.717) is 12.3 Å². The highest BCUT2D eigenvalue weighted by Crippen LogP contribution is 2.28. The lowest BCUT2D eigenvalue weighted by molar-refractivity contribution is 0.452. The molecule has 0 unspecified atom stereocenters. The Hall–Kier alpha value is -0.370. The van der Waals surface area contributed by atoms with E-state index in [1.807, 2.05) is 6.92 Å². The Labute approximate surface area is 110 Å². The lowest BCUT2D eigenvalue weighted by atomic mass is 10.3. The van der Waals surface area contributed by atoms with Crippen LogP contribution >= 0.6 is 15.9 Å². The molecule has 98 valence electrons. The molecule has 1 heterocycles. The normalized spacial score (nSPS) is 12.3. The topological polar surface area (TPSA) is 76.5 Å². The minimum atomic E-state index is -3.49. The van der Waals surface area contributed by atoms with Crippen LogP contribution < -0.4 is 5.73 Å². The highest BCUT2D eigenvalue weighted by atomic mass is 79.9. The van der Waals surface area contributed by atoms with E-state index >= 15 is 0 Å². The van der Waals surface area contributed by atoms with Crippen LogP contribution in [0.5, 0.6) is 0 Å². The second-order valence-corrected chi connectivity index (χ2v) is 6.47. The van der Waals surface area contributed by atoms with E-state index in [2.05, 4.69) is 15.9 Å². The first-order chi connectivity index (χ1) is 7.93. The molecule has 0 aliphatic heterocycles. The Bertz CT molecular complexity index is 470. The van der Waals surface area contributed by atoms with Crippen molar-refractivity contribution in [3.05, 3.63) is 16.5 Å². The van der Waals surface area contributed by atoms with Crippen LogP contribution in [0.3, 0.4) is 0 Å². The summed E-state index contributed by atoms with van der Waals surface area (Å²) in [7, 11) is -1.93. The van der Waals surface area contributed by atoms with Crippen molar-refractivity contribution < 1.29 is 12.8 Å². The average Bonchev–Trinajstić information content (AvgIpc) is 2.67. The molecule has 1 aromatic heterocycles. The van der Waals surface area contributed by atoms with Gasteiger partial charge in [-0.2, -0.15) is 0 Å². The van der Waals surface area contributed by atoms with Crippen molar-refractivity contribution in [2.24, 2.45) is 5.73 Å². The molecule has 0 aliphatic carbocycles. The van der Waals surface area contributed by atoms with Crippen molar-refractivity contribution in [1.29, 1.82) is 0 Å². The Kier molecular flexibility index (Phi) is 5.18. The number of rotatable bonds is 6. The van der Waals surface area contributed by atoms with Crippen molar-refractivity contribution in [2.75, 3.05) is 13.6 Å². The smallest absolute Gasteiger partial charge is 0.247 e. The van der Waals surface area contributed by atoms with Gasteiger partial charge in [-0.25, -0.2) is 12.7 Å². The summed E-state index contributed by atoms with van der Waals surface area (Å²) in [6.07, 6.45) is 1.77. The molecule has 17 heavy (non-hydrogen) atoms. The van der Waals surface area contributed by atoms with Crippen LogP contribution in [0.25, 0.3) is 0 Å². The minimum Gasteiger partial charge on any atom is -0.452 e. The van der Waals surface area contributed by atoms with E-state index in [4.69, 9.17) is 10.2 Å². The number of hydrogen-bond acceptors (Lipinski definition) is 4. The third-order valence-corrected chi connectivity index (χ3v) is 5.14. The molecule has 0 radical (unpaired) electrons. The molecule has 0 spiro atoms. The van der Waals surface area contributed by atoms with Gasteiger partial charge in [0.05, 0.1) is 6.54 Å². The largest absolute Gasteiger partial charge is 0.452 e. The third-order valence-electron chi connectivity index (χ3n) is 2.42. The van der Waals surface area contributed by atoms with Gasteiger partial charge in [0, 0.05) is 19.7 Å². The molecule has 0 aromatic carbocycles. The summed E-state index contributed by atoms with van der Waals surface area (Å²) in [6, 6.07) is 1.46. The first-order valence-corrected chi connectivity index (χ1v) is 7.61. The van der Waals surface area contributed by atoms with E-state index in [9.17, 15) is 8.42 Å². The molecule has 1 rings (SSSR count). The van der Waals surface area contributed by atoms with Gasteiger partial charge < -0.3 is 10.2 Å². The first-order valence-electron chi connectivity index (χ1n) is 5.38. The summed E-state index contributed by atoms with van der Waals surface area (Å²) in [5, 5.41) is 0. The van der Waals surface area contributed by atoms with Crippen molar-refractivity contribution in [3.63, 3.8) is 0 Å². The highest BCUT2D eigenvalue weighted by molar-refractivity contribution is 9.10. The third kappa shape index (κ3) is 3.31. The van der Waals surface area contributed by atoms with Gasteiger partial charge in [-0.15, -0.1) is 0 Å². The number of halogens is 1. The molecule has 0 bridgehead atoms. The van der Waals surface area contributed by atoms with E-state index in [0.717, 1.165) is 12.8 Å². The summed E-state index contributed by atoms with van der Waals surface area (Å²) in [4.78, 5) is 0.136. The van der Waals surface area contributed by atoms with Crippen molar-refractivity contribution >= 4 is 26.0 Å². The molecule has 7 heteroatoms. The van der Waals surface area contributed by atoms with Gasteiger partial charge in [0.15, 0.2) is 4.67 Å². The highest BCUT2D eigenvalue weighted by Gasteiger charge is 2.26. The standard InChI is InChI=1S/C10H17BrN2O3S/c1-3-4-5-13(2)17(14,15)9-6-8(7-12)16-10(9)11/h6H,3-5,7,12H2,1-2H3. The second kappa shape index (κ2) is 5.99. The summed E-state index contributed by atoms with van der Waals surface area (Å²) in [5.74, 6) is 0.444. The lowest BCUT2D eigenvalue weighted by Crippen LogP contribution is -2.27. The van der Waals surface area contributed by atoms with Crippen molar-refractivity contribution in [1.82, 2.24) is 4.31 Å². The lowest BCUT2D eigenvalue weighted by Gasteiger charge is -2.15. The average molecular weight is 325 g/mol. The van der Waals surface area contributed by atoms with Gasteiger partial charge in [-0.1, -0.05) is 13.3 Å². The zero-order chi connectivity index (χ0) is 13.1. The molecule has 0 atom stereocenters. The minimum absolute atomic E-state index is 0.136. The number of sulfonamides is 1. The van der Waals surface area contributed by atoms with Gasteiger partial charge in [-0.05, 0) is 22.4 Å². The number of hydrogen-bond donors (Lipinski definition) is 1. The zero-order valence-electron chi connectivity index (χ0n) is 9.94. The van der Waals surface area contributed by atoms with Gasteiger partial charge in [0.2, 0.25) is 10.0 Å². The second-order valence-electron chi connectivity index (χ2n) is 3.73. The molecular formula is C10H17BrN2O3S. The van der Waals surface area contributed by atoms with E-state index in [1.165, 1.54) is 10.4 Å². The maximum absolute atomic E-state index is 12.2. The van der Waals surface area contributed by atoms with Crippen LogP contribution in [-0.4, -0.2) is 26.3 Å². The maximum atomic E-state index is 12.2. The van der Waals surface area contributed by atoms with E-state index < -0.39 is 10.0 Å². The first kappa shape index (κ1) is 14.7. The van der Waals surface area contributed by atoms with Gasteiger partial charge in [0.25, 0.3) is 0 Å². The summed E-state index contributed by atoms with van der Waals surface area (Å²) >= 11 is 3.10. The van der Waals surface area contributed by atoms with Crippen LogP contribution in [0, 0.1) is 0 Å². The molecular weight excluding hydrogens is 308 g/mol. The number of nitrogens with zero attached hydrogens (tertiary/aromatic N) is 1. The fraction of sp³-hybridized carbons (Fsp3) is 0.600. The predicted molar refractivity (Wildman–Crippen MR) is 69.0 cm³/mol. The van der Waals surface area contributed by atoms with Crippen LogP contribution in [0.2, 0.25) is 0 Å². The Morgan fingerprint density at radius 3 is 2.65 bits per heavy atom. The molecule has 0 saturated carbocycles. The molecule has 0 fully saturated rings. The fourth-order valence-corrected chi connectivity index (χ4v) is 3.51. The van der Waals surface area contributed by atoms with Crippen LogP contribution in [0.15, 0.2) is 20.0 Å². The maximum Gasteiger partial charge on any atom is 0.247 e. The Morgan fingerprint density at radius 2 is 2.18 bits per heavy atom. The van der Waals surface area contributed by atoms with Gasteiger partial charge in [0.1, 0.15) is 10.7 Å². The van der Waals surface area contributed by atoms with Gasteiger partial charge in [-0.3, -0.25) is 0 Å². The molecule has 0 saturated heterocycles. The fourth-order valence-electron chi connectivity index (χ4n) is 1.34. The summed E-state index contributed by atoms with van der Waals surface area (Å²) in [6.45, 7) is 2.68. The van der Waals surface area contributed by atoms with Crippen LogP contribution in [-0.2, 0) is 16.6 Å².